The number of thioether (sulfide) groups is 1. The van der Waals surface area contributed by atoms with Gasteiger partial charge < -0.3 is 10.1 Å². The Kier molecular flexibility index (Phi) is 5.73. The van der Waals surface area contributed by atoms with Gasteiger partial charge >= 0.3 is 0 Å². The van der Waals surface area contributed by atoms with Gasteiger partial charge in [0.2, 0.25) is 0 Å². The first-order chi connectivity index (χ1) is 9.28. The van der Waals surface area contributed by atoms with Crippen LogP contribution < -0.4 is 5.32 Å². The smallest absolute Gasteiger partial charge is 0.156 e. The van der Waals surface area contributed by atoms with Gasteiger partial charge in [0.05, 0.1) is 6.61 Å². The van der Waals surface area contributed by atoms with Crippen LogP contribution in [-0.2, 0) is 11.2 Å². The molecule has 0 aliphatic carbocycles. The van der Waals surface area contributed by atoms with Crippen molar-refractivity contribution in [1.82, 2.24) is 5.32 Å². The zero-order valence-electron chi connectivity index (χ0n) is 11.6. The van der Waals surface area contributed by atoms with Crippen molar-refractivity contribution in [3.8, 4) is 0 Å². The lowest BCUT2D eigenvalue weighted by atomic mass is 10.1. The Morgan fingerprint density at radius 1 is 1.42 bits per heavy atom. The molecule has 2 rings (SSSR count). The minimum atomic E-state index is 0.480. The fourth-order valence-electron chi connectivity index (χ4n) is 2.11. The lowest BCUT2D eigenvalue weighted by Gasteiger charge is -2.10. The molecule has 3 nitrogen and oxygen atoms in total. The first kappa shape index (κ1) is 14.4. The van der Waals surface area contributed by atoms with Gasteiger partial charge in [-0.15, -0.1) is 0 Å². The van der Waals surface area contributed by atoms with E-state index < -0.39 is 0 Å². The summed E-state index contributed by atoms with van der Waals surface area (Å²) in [6, 6.07) is 11.1. The molecule has 1 saturated heterocycles. The topological polar surface area (TPSA) is 33.6 Å². The Bertz CT molecular complexity index is 408. The molecule has 1 aliphatic rings. The van der Waals surface area contributed by atoms with Crippen LogP contribution in [0, 0.1) is 5.92 Å². The molecule has 0 radical (unpaired) electrons. The first-order valence-electron chi connectivity index (χ1n) is 6.74. The predicted octanol–water partition coefficient (Wildman–Crippen LogP) is 2.57. The van der Waals surface area contributed by atoms with Crippen molar-refractivity contribution in [3.63, 3.8) is 0 Å². The van der Waals surface area contributed by atoms with Gasteiger partial charge in [-0.1, -0.05) is 49.0 Å². The second-order valence-electron chi connectivity index (χ2n) is 5.05. The van der Waals surface area contributed by atoms with E-state index >= 15 is 0 Å². The minimum absolute atomic E-state index is 0.480. The quantitative estimate of drug-likeness (QED) is 0.868. The molecule has 2 unspecified atom stereocenters. The van der Waals surface area contributed by atoms with E-state index in [0.717, 1.165) is 30.5 Å². The third kappa shape index (κ3) is 4.88. The van der Waals surface area contributed by atoms with Crippen LogP contribution >= 0.6 is 11.8 Å². The number of benzene rings is 1. The molecule has 104 valence electrons. The van der Waals surface area contributed by atoms with E-state index in [1.165, 1.54) is 5.56 Å². The maximum absolute atomic E-state index is 5.12. The number of ether oxygens (including phenoxy) is 1. The molecule has 0 aromatic heterocycles. The van der Waals surface area contributed by atoms with Crippen molar-refractivity contribution in [2.24, 2.45) is 10.9 Å². The van der Waals surface area contributed by atoms with Gasteiger partial charge in [-0.05, 0) is 17.9 Å². The largest absolute Gasteiger partial charge is 0.384 e. The van der Waals surface area contributed by atoms with Gasteiger partial charge in [0.1, 0.15) is 0 Å². The van der Waals surface area contributed by atoms with Crippen LogP contribution in [0.2, 0.25) is 0 Å². The second-order valence-corrected chi connectivity index (χ2v) is 6.06. The molecule has 1 N–H and O–H groups in total. The molecule has 4 heteroatoms. The Morgan fingerprint density at radius 3 is 2.95 bits per heavy atom. The van der Waals surface area contributed by atoms with Gasteiger partial charge in [0.25, 0.3) is 0 Å². The Balaban J connectivity index is 1.78. The average molecular weight is 278 g/mol. The summed E-state index contributed by atoms with van der Waals surface area (Å²) in [6.07, 6.45) is 1.07. The molecule has 1 aliphatic heterocycles. The number of nitrogens with one attached hydrogen (secondary N) is 1. The normalized spacial score (nSPS) is 22.4. The summed E-state index contributed by atoms with van der Waals surface area (Å²) in [4.78, 5) is 4.62. The molecule has 2 atom stereocenters. The molecule has 1 aromatic carbocycles. The van der Waals surface area contributed by atoms with Crippen LogP contribution in [0.4, 0.5) is 0 Å². The van der Waals surface area contributed by atoms with E-state index in [1.54, 1.807) is 7.11 Å². The van der Waals surface area contributed by atoms with Crippen molar-refractivity contribution in [3.05, 3.63) is 35.9 Å². The molecular formula is C15H22N2OS. The molecule has 0 bridgehead atoms. The standard InChI is InChI=1S/C15H22N2OS/c1-12(10-18-2)9-16-15-17-14(11-19-15)8-13-6-4-3-5-7-13/h3-7,12,14H,8-11H2,1-2H3,(H,16,17). The van der Waals surface area contributed by atoms with Gasteiger partial charge in [-0.3, -0.25) is 4.99 Å². The highest BCUT2D eigenvalue weighted by Gasteiger charge is 2.20. The van der Waals surface area contributed by atoms with Crippen LogP contribution in [-0.4, -0.2) is 37.2 Å². The molecular weight excluding hydrogens is 256 g/mol. The van der Waals surface area contributed by atoms with Crippen molar-refractivity contribution < 1.29 is 4.74 Å². The van der Waals surface area contributed by atoms with Gasteiger partial charge in [-0.25, -0.2) is 0 Å². The lowest BCUT2D eigenvalue weighted by Crippen LogP contribution is -2.29. The van der Waals surface area contributed by atoms with Gasteiger partial charge in [0.15, 0.2) is 5.17 Å². The van der Waals surface area contributed by atoms with Crippen molar-refractivity contribution >= 4 is 16.9 Å². The van der Waals surface area contributed by atoms with E-state index in [1.807, 2.05) is 11.8 Å². The molecule has 0 saturated carbocycles. The van der Waals surface area contributed by atoms with E-state index in [0.29, 0.717) is 12.0 Å². The van der Waals surface area contributed by atoms with E-state index in [2.05, 4.69) is 47.6 Å². The third-order valence-corrected chi connectivity index (χ3v) is 4.16. The summed E-state index contributed by atoms with van der Waals surface area (Å²) in [5, 5.41) is 4.60. The number of hydrogen-bond acceptors (Lipinski definition) is 3. The van der Waals surface area contributed by atoms with Crippen LogP contribution in [0.15, 0.2) is 35.3 Å². The highest BCUT2D eigenvalue weighted by molar-refractivity contribution is 8.14. The highest BCUT2D eigenvalue weighted by atomic mass is 32.2. The van der Waals surface area contributed by atoms with Crippen LogP contribution in [0.3, 0.4) is 0 Å². The monoisotopic (exact) mass is 278 g/mol. The summed E-state index contributed by atoms with van der Waals surface area (Å²) in [5.74, 6) is 1.58. The second kappa shape index (κ2) is 7.56. The Hall–Kier alpha value is -1.00. The number of amidine groups is 1. The molecule has 0 amide bonds. The number of rotatable bonds is 6. The Labute approximate surface area is 119 Å². The van der Waals surface area contributed by atoms with Crippen LogP contribution in [0.25, 0.3) is 0 Å². The molecule has 0 spiro atoms. The van der Waals surface area contributed by atoms with Crippen LogP contribution in [0.5, 0.6) is 0 Å². The van der Waals surface area contributed by atoms with E-state index in [9.17, 15) is 0 Å². The molecule has 1 heterocycles. The fourth-order valence-corrected chi connectivity index (χ4v) is 3.09. The SMILES string of the molecule is COCC(C)CN=C1NC(Cc2ccccc2)CS1. The fraction of sp³-hybridized carbons (Fsp3) is 0.533. The number of hydrogen-bond donors (Lipinski definition) is 1. The predicted molar refractivity (Wildman–Crippen MR) is 82.9 cm³/mol. The van der Waals surface area contributed by atoms with Crippen molar-refractivity contribution in [2.75, 3.05) is 26.0 Å². The first-order valence-corrected chi connectivity index (χ1v) is 7.73. The zero-order valence-corrected chi connectivity index (χ0v) is 12.5. The lowest BCUT2D eigenvalue weighted by molar-refractivity contribution is 0.163. The minimum Gasteiger partial charge on any atom is -0.384 e. The third-order valence-electron chi connectivity index (χ3n) is 3.07. The average Bonchev–Trinajstić information content (AvgIpc) is 2.86. The van der Waals surface area contributed by atoms with Crippen molar-refractivity contribution in [1.29, 1.82) is 0 Å². The molecule has 1 aromatic rings. The van der Waals surface area contributed by atoms with Crippen LogP contribution in [0.1, 0.15) is 12.5 Å². The summed E-state index contributed by atoms with van der Waals surface area (Å²) in [6.45, 7) is 3.77. The van der Waals surface area contributed by atoms with Gasteiger partial charge in [0, 0.05) is 25.4 Å². The highest BCUT2D eigenvalue weighted by Crippen LogP contribution is 2.17. The Morgan fingerprint density at radius 2 is 2.21 bits per heavy atom. The summed E-state index contributed by atoms with van der Waals surface area (Å²) >= 11 is 1.83. The maximum atomic E-state index is 5.12. The number of aliphatic imine (C=N–C) groups is 1. The number of nitrogens with zero attached hydrogens (tertiary/aromatic N) is 1. The molecule has 19 heavy (non-hydrogen) atoms. The van der Waals surface area contributed by atoms with E-state index in [-0.39, 0.29) is 0 Å². The zero-order chi connectivity index (χ0) is 13.5. The summed E-state index contributed by atoms with van der Waals surface area (Å²) in [7, 11) is 1.74. The van der Waals surface area contributed by atoms with Crippen molar-refractivity contribution in [2.45, 2.75) is 19.4 Å². The van der Waals surface area contributed by atoms with E-state index in [4.69, 9.17) is 4.74 Å². The maximum Gasteiger partial charge on any atom is 0.156 e. The summed E-state index contributed by atoms with van der Waals surface area (Å²) < 4.78 is 5.12. The molecule has 1 fully saturated rings. The van der Waals surface area contributed by atoms with Gasteiger partial charge in [-0.2, -0.15) is 0 Å². The number of methoxy groups -OCH3 is 1. The summed E-state index contributed by atoms with van der Waals surface area (Å²) in [5.41, 5.74) is 1.38.